The molecule has 3 N–H and O–H groups in total. The average Bonchev–Trinajstić information content (AvgIpc) is 2.65. The summed E-state index contributed by atoms with van der Waals surface area (Å²) >= 11 is 0. The first-order valence-electron chi connectivity index (χ1n) is 4.78. The van der Waals surface area contributed by atoms with Crippen LogP contribution in [0.5, 0.6) is 0 Å². The van der Waals surface area contributed by atoms with Crippen LogP contribution in [0, 0.1) is 0 Å². The first-order valence-corrected chi connectivity index (χ1v) is 6.26. The number of carbonyl (C=O) groups is 1. The molecule has 0 aliphatic heterocycles. The number of sulfonamides is 1. The molecule has 94 valence electrons. The van der Waals surface area contributed by atoms with E-state index in [9.17, 15) is 13.2 Å². The molecule has 0 saturated carbocycles. The highest BCUT2D eigenvalue weighted by molar-refractivity contribution is 7.89. The highest BCUT2D eigenvalue weighted by atomic mass is 32.2. The summed E-state index contributed by atoms with van der Waals surface area (Å²) in [4.78, 5) is 10.8. The molecule has 0 aromatic carbocycles. The molecular formula is C9H13N3O4S. The number of aromatic amines is 1. The summed E-state index contributed by atoms with van der Waals surface area (Å²) in [5, 5.41) is 13.9. The van der Waals surface area contributed by atoms with Crippen molar-refractivity contribution in [3.63, 3.8) is 0 Å². The Kier molecular flexibility index (Phi) is 4.02. The van der Waals surface area contributed by atoms with Gasteiger partial charge in [0.1, 0.15) is 5.56 Å². The van der Waals surface area contributed by atoms with Crippen molar-refractivity contribution < 1.29 is 18.3 Å². The number of rotatable bonds is 6. The van der Waals surface area contributed by atoms with Crippen LogP contribution in [-0.4, -0.2) is 35.7 Å². The first-order chi connectivity index (χ1) is 7.88. The monoisotopic (exact) mass is 259 g/mol. The van der Waals surface area contributed by atoms with E-state index in [4.69, 9.17) is 5.11 Å². The van der Waals surface area contributed by atoms with Gasteiger partial charge >= 0.3 is 5.97 Å². The summed E-state index contributed by atoms with van der Waals surface area (Å²) in [5.41, 5.74) is -0.386. The standard InChI is InChI=1S/C9H13N3O4S/c1-3-4-6(2)12-17(15,16)8-7(9(13)14)5-10-11-8/h3,5-6,12H,1,4H2,2H3,(H,10,11)(H,13,14). The van der Waals surface area contributed by atoms with Crippen molar-refractivity contribution in [3.05, 3.63) is 24.4 Å². The van der Waals surface area contributed by atoms with Crippen LogP contribution in [0.1, 0.15) is 23.7 Å². The van der Waals surface area contributed by atoms with Crippen molar-refractivity contribution in [2.75, 3.05) is 0 Å². The van der Waals surface area contributed by atoms with E-state index in [1.54, 1.807) is 13.0 Å². The second kappa shape index (κ2) is 5.11. The number of nitrogens with zero attached hydrogens (tertiary/aromatic N) is 1. The lowest BCUT2D eigenvalue weighted by Gasteiger charge is -2.11. The van der Waals surface area contributed by atoms with Gasteiger partial charge in [0, 0.05) is 6.04 Å². The molecule has 8 heteroatoms. The Labute approximate surface area is 98.6 Å². The van der Waals surface area contributed by atoms with Crippen LogP contribution in [-0.2, 0) is 10.0 Å². The van der Waals surface area contributed by atoms with E-state index in [1.807, 2.05) is 0 Å². The molecule has 0 aliphatic carbocycles. The Morgan fingerprint density at radius 3 is 2.94 bits per heavy atom. The fourth-order valence-electron chi connectivity index (χ4n) is 1.25. The van der Waals surface area contributed by atoms with Crippen LogP contribution in [0.2, 0.25) is 0 Å². The molecule has 0 radical (unpaired) electrons. The Balaban J connectivity index is 3.01. The second-order valence-corrected chi connectivity index (χ2v) is 5.12. The summed E-state index contributed by atoms with van der Waals surface area (Å²) in [6.07, 6.45) is 2.96. The van der Waals surface area contributed by atoms with Gasteiger partial charge in [0.05, 0.1) is 6.20 Å². The van der Waals surface area contributed by atoms with Crippen molar-refractivity contribution in [2.24, 2.45) is 0 Å². The fourth-order valence-corrected chi connectivity index (χ4v) is 2.60. The minimum atomic E-state index is -3.91. The summed E-state index contributed by atoms with van der Waals surface area (Å²) in [7, 11) is -3.91. The normalized spacial score (nSPS) is 13.2. The van der Waals surface area contributed by atoms with E-state index < -0.39 is 21.0 Å². The van der Waals surface area contributed by atoms with Gasteiger partial charge in [-0.15, -0.1) is 6.58 Å². The first kappa shape index (κ1) is 13.4. The second-order valence-electron chi connectivity index (χ2n) is 3.46. The maximum atomic E-state index is 11.8. The molecule has 0 aliphatic rings. The third kappa shape index (κ3) is 3.14. The lowest BCUT2D eigenvalue weighted by Crippen LogP contribution is -2.33. The Morgan fingerprint density at radius 1 is 1.76 bits per heavy atom. The number of hydrogen-bond acceptors (Lipinski definition) is 4. The van der Waals surface area contributed by atoms with Gasteiger partial charge in [-0.2, -0.15) is 5.10 Å². The molecule has 0 amide bonds. The summed E-state index contributed by atoms with van der Waals surface area (Å²) < 4.78 is 26.0. The molecule has 1 unspecified atom stereocenters. The lowest BCUT2D eigenvalue weighted by atomic mass is 10.3. The topological polar surface area (TPSA) is 112 Å². The van der Waals surface area contributed by atoms with E-state index in [0.29, 0.717) is 6.42 Å². The minimum absolute atomic E-state index is 0.373. The molecule has 0 bridgehead atoms. The molecule has 0 spiro atoms. The molecule has 1 aromatic rings. The third-order valence-electron chi connectivity index (χ3n) is 1.98. The Morgan fingerprint density at radius 2 is 2.41 bits per heavy atom. The molecule has 1 aromatic heterocycles. The van der Waals surface area contributed by atoms with Crippen LogP contribution < -0.4 is 4.72 Å². The summed E-state index contributed by atoms with van der Waals surface area (Å²) in [6.45, 7) is 5.14. The van der Waals surface area contributed by atoms with Crippen molar-refractivity contribution in [1.29, 1.82) is 0 Å². The zero-order valence-electron chi connectivity index (χ0n) is 9.17. The molecule has 0 saturated heterocycles. The molecule has 7 nitrogen and oxygen atoms in total. The lowest BCUT2D eigenvalue weighted by molar-refractivity contribution is 0.0692. The Hall–Kier alpha value is -1.67. The predicted octanol–water partition coefficient (Wildman–Crippen LogP) is 0.351. The molecule has 0 fully saturated rings. The van der Waals surface area contributed by atoms with Gasteiger partial charge in [-0.3, -0.25) is 5.10 Å². The van der Waals surface area contributed by atoms with Gasteiger partial charge < -0.3 is 5.11 Å². The van der Waals surface area contributed by atoms with Crippen LogP contribution in [0.25, 0.3) is 0 Å². The van der Waals surface area contributed by atoms with Gasteiger partial charge in [-0.05, 0) is 13.3 Å². The Bertz CT molecular complexity index is 520. The van der Waals surface area contributed by atoms with Gasteiger partial charge in [0.15, 0.2) is 5.03 Å². The van der Waals surface area contributed by atoms with Crippen molar-refractivity contribution in [3.8, 4) is 0 Å². The number of nitrogens with one attached hydrogen (secondary N) is 2. The highest BCUT2D eigenvalue weighted by Crippen LogP contribution is 2.12. The average molecular weight is 259 g/mol. The number of aromatic carboxylic acids is 1. The number of H-pyrrole nitrogens is 1. The zero-order valence-corrected chi connectivity index (χ0v) is 9.99. The number of carboxylic acids is 1. The quantitative estimate of drug-likeness (QED) is 0.638. The number of carboxylic acid groups (broad SMARTS) is 1. The van der Waals surface area contributed by atoms with E-state index in [0.717, 1.165) is 6.20 Å². The fraction of sp³-hybridized carbons (Fsp3) is 0.333. The highest BCUT2D eigenvalue weighted by Gasteiger charge is 2.25. The van der Waals surface area contributed by atoms with Gasteiger partial charge in [0.25, 0.3) is 10.0 Å². The van der Waals surface area contributed by atoms with Crippen LogP contribution >= 0.6 is 0 Å². The minimum Gasteiger partial charge on any atom is -0.478 e. The van der Waals surface area contributed by atoms with Crippen molar-refractivity contribution in [1.82, 2.24) is 14.9 Å². The smallest absolute Gasteiger partial charge is 0.340 e. The maximum Gasteiger partial charge on any atom is 0.340 e. The van der Waals surface area contributed by atoms with Crippen molar-refractivity contribution in [2.45, 2.75) is 24.4 Å². The van der Waals surface area contributed by atoms with Gasteiger partial charge in [-0.1, -0.05) is 6.08 Å². The SMILES string of the molecule is C=CCC(C)NS(=O)(=O)c1[nH]ncc1C(=O)O. The van der Waals surface area contributed by atoms with Crippen molar-refractivity contribution >= 4 is 16.0 Å². The van der Waals surface area contributed by atoms with E-state index in [1.165, 1.54) is 0 Å². The predicted molar refractivity (Wildman–Crippen MR) is 60.1 cm³/mol. The van der Waals surface area contributed by atoms with E-state index in [-0.39, 0.29) is 11.6 Å². The van der Waals surface area contributed by atoms with Crippen LogP contribution in [0.4, 0.5) is 0 Å². The molecule has 1 atom stereocenters. The van der Waals surface area contributed by atoms with E-state index in [2.05, 4.69) is 21.5 Å². The molecule has 17 heavy (non-hydrogen) atoms. The summed E-state index contributed by atoms with van der Waals surface area (Å²) in [5.74, 6) is -1.35. The number of hydrogen-bond donors (Lipinski definition) is 3. The van der Waals surface area contributed by atoms with Crippen LogP contribution in [0.15, 0.2) is 23.9 Å². The van der Waals surface area contributed by atoms with Gasteiger partial charge in [-0.25, -0.2) is 17.9 Å². The van der Waals surface area contributed by atoms with Crippen LogP contribution in [0.3, 0.4) is 0 Å². The molecule has 1 heterocycles. The largest absolute Gasteiger partial charge is 0.478 e. The van der Waals surface area contributed by atoms with E-state index >= 15 is 0 Å². The molecule has 1 rings (SSSR count). The zero-order chi connectivity index (χ0) is 13.1. The van der Waals surface area contributed by atoms with Gasteiger partial charge in [0.2, 0.25) is 0 Å². The third-order valence-corrected chi connectivity index (χ3v) is 3.54. The summed E-state index contributed by atoms with van der Waals surface area (Å²) in [6, 6.07) is -0.373. The number of aromatic nitrogens is 2. The molecular weight excluding hydrogens is 246 g/mol. The maximum absolute atomic E-state index is 11.8.